The number of esters is 1. The Bertz CT molecular complexity index is 712. The number of carbonyl (C=O) groups excluding carboxylic acids is 2. The topological polar surface area (TPSA) is 73.9 Å². The molecule has 0 aliphatic rings. The first-order chi connectivity index (χ1) is 12.1. The van der Waals surface area contributed by atoms with Crippen LogP contribution in [0.4, 0.5) is 5.69 Å². The van der Waals surface area contributed by atoms with E-state index in [2.05, 4.69) is 5.32 Å². The minimum Gasteiger partial charge on any atom is -0.490 e. The average molecular weight is 343 g/mol. The Morgan fingerprint density at radius 3 is 2.12 bits per heavy atom. The monoisotopic (exact) mass is 343 g/mol. The minimum atomic E-state index is -0.392. The molecule has 0 unspecified atom stereocenters. The standard InChI is InChI=1S/C19H21NO5/c1-3-23-16-7-5-6-8-17(16)25-13-18(21)20-15-11-9-14(10-12-15)19(22)24-4-2/h5-12H,3-4,13H2,1-2H3,(H,20,21). The lowest BCUT2D eigenvalue weighted by Crippen LogP contribution is -2.20. The summed E-state index contributed by atoms with van der Waals surface area (Å²) >= 11 is 0. The fourth-order valence-electron chi connectivity index (χ4n) is 2.09. The summed E-state index contributed by atoms with van der Waals surface area (Å²) in [5.41, 5.74) is 1.00. The molecule has 0 fully saturated rings. The normalized spacial score (nSPS) is 10.0. The Hall–Kier alpha value is -3.02. The molecule has 0 saturated heterocycles. The summed E-state index contributed by atoms with van der Waals surface area (Å²) in [6.45, 7) is 4.31. The summed E-state index contributed by atoms with van der Waals surface area (Å²) in [5.74, 6) is 0.403. The number of anilines is 1. The highest BCUT2D eigenvalue weighted by Gasteiger charge is 2.09. The molecule has 2 aromatic carbocycles. The summed E-state index contributed by atoms with van der Waals surface area (Å²) in [7, 11) is 0. The van der Waals surface area contributed by atoms with Gasteiger partial charge < -0.3 is 19.5 Å². The van der Waals surface area contributed by atoms with Gasteiger partial charge in [0.25, 0.3) is 5.91 Å². The predicted octanol–water partition coefficient (Wildman–Crippen LogP) is 3.28. The summed E-state index contributed by atoms with van der Waals surface area (Å²) in [6.07, 6.45) is 0. The van der Waals surface area contributed by atoms with Crippen molar-refractivity contribution >= 4 is 17.6 Å². The molecular formula is C19H21NO5. The molecule has 0 bridgehead atoms. The molecule has 0 aliphatic carbocycles. The summed E-state index contributed by atoms with van der Waals surface area (Å²) in [4.78, 5) is 23.6. The second-order valence-electron chi connectivity index (χ2n) is 5.01. The smallest absolute Gasteiger partial charge is 0.338 e. The number of rotatable bonds is 8. The highest BCUT2D eigenvalue weighted by Crippen LogP contribution is 2.26. The van der Waals surface area contributed by atoms with Gasteiger partial charge in [-0.25, -0.2) is 4.79 Å². The molecule has 0 spiro atoms. The van der Waals surface area contributed by atoms with Gasteiger partial charge in [-0.3, -0.25) is 4.79 Å². The van der Waals surface area contributed by atoms with Crippen LogP contribution in [0.2, 0.25) is 0 Å². The molecular weight excluding hydrogens is 322 g/mol. The zero-order valence-electron chi connectivity index (χ0n) is 14.3. The quantitative estimate of drug-likeness (QED) is 0.745. The number of benzene rings is 2. The lowest BCUT2D eigenvalue weighted by molar-refractivity contribution is -0.118. The van der Waals surface area contributed by atoms with E-state index in [1.807, 2.05) is 19.1 Å². The van der Waals surface area contributed by atoms with Crippen molar-refractivity contribution in [2.75, 3.05) is 25.1 Å². The average Bonchev–Trinajstić information content (AvgIpc) is 2.62. The molecule has 0 heterocycles. The first-order valence-corrected chi connectivity index (χ1v) is 8.05. The Kier molecular flexibility index (Phi) is 6.83. The van der Waals surface area contributed by atoms with E-state index in [1.54, 1.807) is 43.3 Å². The van der Waals surface area contributed by atoms with Crippen LogP contribution in [-0.2, 0) is 9.53 Å². The minimum absolute atomic E-state index is 0.149. The zero-order valence-corrected chi connectivity index (χ0v) is 14.3. The van der Waals surface area contributed by atoms with Crippen LogP contribution in [0.3, 0.4) is 0 Å². The molecule has 6 nitrogen and oxygen atoms in total. The molecule has 0 saturated carbocycles. The van der Waals surface area contributed by atoms with Crippen LogP contribution in [0.5, 0.6) is 11.5 Å². The number of carbonyl (C=O) groups is 2. The van der Waals surface area contributed by atoms with E-state index in [9.17, 15) is 9.59 Å². The molecule has 2 aromatic rings. The van der Waals surface area contributed by atoms with Gasteiger partial charge in [-0.05, 0) is 50.2 Å². The summed E-state index contributed by atoms with van der Waals surface area (Å²) in [5, 5.41) is 2.70. The van der Waals surface area contributed by atoms with E-state index in [4.69, 9.17) is 14.2 Å². The SMILES string of the molecule is CCOC(=O)c1ccc(NC(=O)COc2ccccc2OCC)cc1. The molecule has 0 atom stereocenters. The van der Waals surface area contributed by atoms with Gasteiger partial charge in [0.2, 0.25) is 0 Å². The summed E-state index contributed by atoms with van der Waals surface area (Å²) < 4.78 is 15.9. The van der Waals surface area contributed by atoms with Gasteiger partial charge in [0.15, 0.2) is 18.1 Å². The van der Waals surface area contributed by atoms with Crippen LogP contribution in [0.15, 0.2) is 48.5 Å². The fourth-order valence-corrected chi connectivity index (χ4v) is 2.09. The van der Waals surface area contributed by atoms with Crippen LogP contribution < -0.4 is 14.8 Å². The maximum atomic E-state index is 12.0. The van der Waals surface area contributed by atoms with Crippen LogP contribution in [-0.4, -0.2) is 31.7 Å². The van der Waals surface area contributed by atoms with Crippen LogP contribution >= 0.6 is 0 Å². The molecule has 132 valence electrons. The van der Waals surface area contributed by atoms with Crippen molar-refractivity contribution in [1.82, 2.24) is 0 Å². The third-order valence-electron chi connectivity index (χ3n) is 3.19. The van der Waals surface area contributed by atoms with E-state index >= 15 is 0 Å². The molecule has 1 N–H and O–H groups in total. The molecule has 0 radical (unpaired) electrons. The highest BCUT2D eigenvalue weighted by molar-refractivity contribution is 5.93. The van der Waals surface area contributed by atoms with Crippen molar-refractivity contribution in [1.29, 1.82) is 0 Å². The third kappa shape index (κ3) is 5.53. The number of ether oxygens (including phenoxy) is 3. The predicted molar refractivity (Wildman–Crippen MR) is 94.1 cm³/mol. The second-order valence-corrected chi connectivity index (χ2v) is 5.01. The molecule has 0 aliphatic heterocycles. The first-order valence-electron chi connectivity index (χ1n) is 8.05. The van der Waals surface area contributed by atoms with E-state index < -0.39 is 5.97 Å². The maximum absolute atomic E-state index is 12.0. The van der Waals surface area contributed by atoms with E-state index in [-0.39, 0.29) is 12.5 Å². The van der Waals surface area contributed by atoms with Crippen molar-refractivity contribution in [2.45, 2.75) is 13.8 Å². The van der Waals surface area contributed by atoms with Crippen molar-refractivity contribution in [3.63, 3.8) is 0 Å². The van der Waals surface area contributed by atoms with Gasteiger partial charge in [0.05, 0.1) is 18.8 Å². The largest absolute Gasteiger partial charge is 0.490 e. The first kappa shape index (κ1) is 18.3. The van der Waals surface area contributed by atoms with Crippen molar-refractivity contribution in [2.24, 2.45) is 0 Å². The third-order valence-corrected chi connectivity index (χ3v) is 3.19. The Labute approximate surface area is 146 Å². The number of para-hydroxylation sites is 2. The van der Waals surface area contributed by atoms with Gasteiger partial charge >= 0.3 is 5.97 Å². The summed E-state index contributed by atoms with van der Waals surface area (Å²) in [6, 6.07) is 13.6. The Morgan fingerprint density at radius 1 is 0.880 bits per heavy atom. The maximum Gasteiger partial charge on any atom is 0.338 e. The van der Waals surface area contributed by atoms with Gasteiger partial charge in [0.1, 0.15) is 0 Å². The number of amides is 1. The van der Waals surface area contributed by atoms with Crippen LogP contribution in [0, 0.1) is 0 Å². The second kappa shape index (κ2) is 9.32. The van der Waals surface area contributed by atoms with Gasteiger partial charge in [0, 0.05) is 5.69 Å². The molecule has 2 rings (SSSR count). The Morgan fingerprint density at radius 2 is 1.52 bits per heavy atom. The number of nitrogens with one attached hydrogen (secondary N) is 1. The van der Waals surface area contributed by atoms with Crippen molar-refractivity contribution < 1.29 is 23.8 Å². The molecule has 0 aromatic heterocycles. The highest BCUT2D eigenvalue weighted by atomic mass is 16.5. The van der Waals surface area contributed by atoms with Gasteiger partial charge in [-0.15, -0.1) is 0 Å². The number of hydrogen-bond donors (Lipinski definition) is 1. The van der Waals surface area contributed by atoms with E-state index in [1.165, 1.54) is 0 Å². The molecule has 25 heavy (non-hydrogen) atoms. The van der Waals surface area contributed by atoms with Gasteiger partial charge in [-0.2, -0.15) is 0 Å². The fraction of sp³-hybridized carbons (Fsp3) is 0.263. The van der Waals surface area contributed by atoms with E-state index in [0.717, 1.165) is 0 Å². The number of hydrogen-bond acceptors (Lipinski definition) is 5. The van der Waals surface area contributed by atoms with Crippen molar-refractivity contribution in [3.8, 4) is 11.5 Å². The molecule has 6 heteroatoms. The Balaban J connectivity index is 1.89. The zero-order chi connectivity index (χ0) is 18.1. The van der Waals surface area contributed by atoms with Gasteiger partial charge in [-0.1, -0.05) is 12.1 Å². The van der Waals surface area contributed by atoms with Crippen LogP contribution in [0.25, 0.3) is 0 Å². The van der Waals surface area contributed by atoms with Crippen LogP contribution in [0.1, 0.15) is 24.2 Å². The lowest BCUT2D eigenvalue weighted by Gasteiger charge is -2.11. The van der Waals surface area contributed by atoms with E-state index in [0.29, 0.717) is 36.0 Å². The lowest BCUT2D eigenvalue weighted by atomic mass is 10.2. The van der Waals surface area contributed by atoms with Crippen molar-refractivity contribution in [3.05, 3.63) is 54.1 Å². The molecule has 1 amide bonds.